The van der Waals surface area contributed by atoms with Gasteiger partial charge in [-0.2, -0.15) is 9.49 Å². The fraction of sp³-hybridized carbons (Fsp3) is 0. The number of aromatic amines is 1. The zero-order valence-electron chi connectivity index (χ0n) is 8.61. The van der Waals surface area contributed by atoms with Gasteiger partial charge in [-0.25, -0.2) is 4.98 Å². The minimum atomic E-state index is -0.493. The Bertz CT molecular complexity index is 676. The van der Waals surface area contributed by atoms with Gasteiger partial charge >= 0.3 is 0 Å². The molecule has 3 nitrogen and oxygen atoms in total. The Hall–Kier alpha value is -1.75. The van der Waals surface area contributed by atoms with E-state index in [9.17, 15) is 4.39 Å². The molecule has 0 bridgehead atoms. The zero-order chi connectivity index (χ0) is 11.8. The average molecular weight is 292 g/mol. The van der Waals surface area contributed by atoms with Gasteiger partial charge in [-0.1, -0.05) is 22.0 Å². The molecule has 5 heteroatoms. The van der Waals surface area contributed by atoms with Gasteiger partial charge < -0.3 is 0 Å². The molecule has 0 unspecified atom stereocenters. The highest BCUT2D eigenvalue weighted by molar-refractivity contribution is 9.10. The van der Waals surface area contributed by atoms with Crippen LogP contribution in [-0.2, 0) is 0 Å². The van der Waals surface area contributed by atoms with Crippen LogP contribution in [0.3, 0.4) is 0 Å². The molecule has 0 amide bonds. The molecule has 2 heterocycles. The quantitative estimate of drug-likeness (QED) is 0.697. The summed E-state index contributed by atoms with van der Waals surface area (Å²) in [5.41, 5.74) is 2.48. The summed E-state index contributed by atoms with van der Waals surface area (Å²) in [7, 11) is 0. The Kier molecular flexibility index (Phi) is 2.40. The summed E-state index contributed by atoms with van der Waals surface area (Å²) in [5, 5.41) is 8.15. The molecule has 17 heavy (non-hydrogen) atoms. The molecule has 3 aromatic rings. The molecule has 0 saturated carbocycles. The van der Waals surface area contributed by atoms with E-state index >= 15 is 0 Å². The van der Waals surface area contributed by atoms with Crippen LogP contribution in [0.5, 0.6) is 0 Å². The maximum absolute atomic E-state index is 12.8. The van der Waals surface area contributed by atoms with Crippen LogP contribution in [0.2, 0.25) is 0 Å². The number of nitrogens with zero attached hydrogens (tertiary/aromatic N) is 2. The first-order chi connectivity index (χ1) is 8.25. The van der Waals surface area contributed by atoms with E-state index in [2.05, 4.69) is 31.1 Å². The molecule has 0 saturated heterocycles. The van der Waals surface area contributed by atoms with Crippen molar-refractivity contribution in [3.8, 4) is 11.3 Å². The van der Waals surface area contributed by atoms with E-state index in [1.165, 1.54) is 12.3 Å². The maximum atomic E-state index is 12.8. The van der Waals surface area contributed by atoms with E-state index in [1.807, 2.05) is 18.2 Å². The highest BCUT2D eigenvalue weighted by atomic mass is 79.9. The standard InChI is InChI=1S/C12H7BrFN3/c13-8-2-1-3-9-11(8)12(17-16-9)7-4-5-10(14)15-6-7/h1-6H,(H,16,17). The summed E-state index contributed by atoms with van der Waals surface area (Å²) in [6.45, 7) is 0. The molecular formula is C12H7BrFN3. The van der Waals surface area contributed by atoms with Crippen molar-refractivity contribution >= 4 is 26.8 Å². The van der Waals surface area contributed by atoms with Gasteiger partial charge in [0.15, 0.2) is 0 Å². The summed E-state index contributed by atoms with van der Waals surface area (Å²) in [4.78, 5) is 3.64. The lowest BCUT2D eigenvalue weighted by Crippen LogP contribution is -1.84. The number of H-pyrrole nitrogens is 1. The van der Waals surface area contributed by atoms with Gasteiger partial charge in [0.05, 0.1) is 5.52 Å². The van der Waals surface area contributed by atoms with Crippen LogP contribution >= 0.6 is 15.9 Å². The van der Waals surface area contributed by atoms with Gasteiger partial charge in [0.1, 0.15) is 5.69 Å². The molecule has 0 fully saturated rings. The van der Waals surface area contributed by atoms with Gasteiger partial charge in [0.2, 0.25) is 5.95 Å². The first-order valence-electron chi connectivity index (χ1n) is 5.00. The number of aromatic nitrogens is 3. The Morgan fingerprint density at radius 3 is 2.82 bits per heavy atom. The first-order valence-corrected chi connectivity index (χ1v) is 5.79. The second kappa shape index (κ2) is 3.92. The lowest BCUT2D eigenvalue weighted by molar-refractivity contribution is 0.584. The van der Waals surface area contributed by atoms with Gasteiger partial charge in [0, 0.05) is 21.6 Å². The van der Waals surface area contributed by atoms with E-state index in [0.29, 0.717) is 0 Å². The first kappa shape index (κ1) is 10.4. The highest BCUT2D eigenvalue weighted by Crippen LogP contribution is 2.31. The monoisotopic (exact) mass is 291 g/mol. The van der Waals surface area contributed by atoms with E-state index in [0.717, 1.165) is 26.6 Å². The van der Waals surface area contributed by atoms with Gasteiger partial charge in [0.25, 0.3) is 0 Å². The van der Waals surface area contributed by atoms with Gasteiger partial charge in [-0.15, -0.1) is 0 Å². The van der Waals surface area contributed by atoms with E-state index in [1.54, 1.807) is 6.07 Å². The molecule has 0 aliphatic rings. The third kappa shape index (κ3) is 1.72. The molecule has 0 aliphatic heterocycles. The third-order valence-electron chi connectivity index (χ3n) is 2.54. The maximum Gasteiger partial charge on any atom is 0.212 e. The summed E-state index contributed by atoms with van der Waals surface area (Å²) in [6, 6.07) is 8.80. The Morgan fingerprint density at radius 2 is 2.06 bits per heavy atom. The van der Waals surface area contributed by atoms with Crippen LogP contribution in [0.1, 0.15) is 0 Å². The van der Waals surface area contributed by atoms with Crippen LogP contribution < -0.4 is 0 Å². The van der Waals surface area contributed by atoms with Gasteiger partial charge in [-0.05, 0) is 24.3 Å². The van der Waals surface area contributed by atoms with Crippen LogP contribution in [0.4, 0.5) is 4.39 Å². The Balaban J connectivity index is 2.27. The molecule has 0 atom stereocenters. The van der Waals surface area contributed by atoms with Crippen LogP contribution in [0.15, 0.2) is 41.0 Å². The highest BCUT2D eigenvalue weighted by Gasteiger charge is 2.11. The smallest absolute Gasteiger partial charge is 0.212 e. The largest absolute Gasteiger partial charge is 0.277 e. The van der Waals surface area contributed by atoms with Crippen molar-refractivity contribution in [3.05, 3.63) is 46.9 Å². The molecular weight excluding hydrogens is 285 g/mol. The van der Waals surface area contributed by atoms with Crippen LogP contribution in [0.25, 0.3) is 22.2 Å². The number of benzene rings is 1. The number of nitrogens with one attached hydrogen (secondary N) is 1. The Morgan fingerprint density at radius 1 is 1.18 bits per heavy atom. The van der Waals surface area contributed by atoms with Crippen LogP contribution in [0, 0.1) is 5.95 Å². The molecule has 1 aromatic carbocycles. The molecule has 2 aromatic heterocycles. The lowest BCUT2D eigenvalue weighted by atomic mass is 10.1. The van der Waals surface area contributed by atoms with Crippen molar-refractivity contribution in [2.45, 2.75) is 0 Å². The minimum absolute atomic E-state index is 0.493. The normalized spacial score (nSPS) is 10.9. The average Bonchev–Trinajstić information content (AvgIpc) is 2.75. The van der Waals surface area contributed by atoms with Crippen molar-refractivity contribution in [1.29, 1.82) is 0 Å². The summed E-state index contributed by atoms with van der Waals surface area (Å²) in [5.74, 6) is -0.493. The minimum Gasteiger partial charge on any atom is -0.277 e. The van der Waals surface area contributed by atoms with Crippen molar-refractivity contribution in [2.24, 2.45) is 0 Å². The lowest BCUT2D eigenvalue weighted by Gasteiger charge is -1.98. The van der Waals surface area contributed by atoms with E-state index in [4.69, 9.17) is 0 Å². The fourth-order valence-corrected chi connectivity index (χ4v) is 2.31. The molecule has 0 spiro atoms. The molecule has 0 radical (unpaired) electrons. The SMILES string of the molecule is Fc1ccc(-c2n[nH]c3cccc(Br)c23)cn1. The van der Waals surface area contributed by atoms with Crippen molar-refractivity contribution in [2.75, 3.05) is 0 Å². The number of hydrogen-bond donors (Lipinski definition) is 1. The molecule has 0 aliphatic carbocycles. The summed E-state index contributed by atoms with van der Waals surface area (Å²) < 4.78 is 13.7. The van der Waals surface area contributed by atoms with E-state index < -0.39 is 5.95 Å². The van der Waals surface area contributed by atoms with Crippen molar-refractivity contribution < 1.29 is 4.39 Å². The predicted molar refractivity (Wildman–Crippen MR) is 67.0 cm³/mol. The molecule has 84 valence electrons. The van der Waals surface area contributed by atoms with E-state index in [-0.39, 0.29) is 0 Å². The predicted octanol–water partition coefficient (Wildman–Crippen LogP) is 3.53. The second-order valence-electron chi connectivity index (χ2n) is 3.60. The Labute approximate surface area is 105 Å². The summed E-state index contributed by atoms with van der Waals surface area (Å²) in [6.07, 6.45) is 1.48. The van der Waals surface area contributed by atoms with Crippen LogP contribution in [-0.4, -0.2) is 15.2 Å². The fourth-order valence-electron chi connectivity index (χ4n) is 1.75. The van der Waals surface area contributed by atoms with Crippen molar-refractivity contribution in [3.63, 3.8) is 0 Å². The number of halogens is 2. The molecule has 1 N–H and O–H groups in total. The third-order valence-corrected chi connectivity index (χ3v) is 3.20. The number of pyridine rings is 1. The second-order valence-corrected chi connectivity index (χ2v) is 4.46. The zero-order valence-corrected chi connectivity index (χ0v) is 10.2. The topological polar surface area (TPSA) is 41.6 Å². The van der Waals surface area contributed by atoms with Crippen molar-refractivity contribution in [1.82, 2.24) is 15.2 Å². The number of fused-ring (bicyclic) bond motifs is 1. The summed E-state index contributed by atoms with van der Waals surface area (Å²) >= 11 is 3.48. The number of rotatable bonds is 1. The molecule has 3 rings (SSSR count). The van der Waals surface area contributed by atoms with Gasteiger partial charge in [-0.3, -0.25) is 5.10 Å². The number of hydrogen-bond acceptors (Lipinski definition) is 2.